The summed E-state index contributed by atoms with van der Waals surface area (Å²) in [5, 5.41) is 30.2. The highest BCUT2D eigenvalue weighted by atomic mass is 16.3. The molecule has 1 aliphatic carbocycles. The van der Waals surface area contributed by atoms with Crippen LogP contribution in [0.2, 0.25) is 0 Å². The third-order valence-corrected chi connectivity index (χ3v) is 6.01. The van der Waals surface area contributed by atoms with Gasteiger partial charge in [0, 0.05) is 13.1 Å². The topological polar surface area (TPSA) is 102 Å². The van der Waals surface area contributed by atoms with Crippen LogP contribution >= 0.6 is 0 Å². The molecule has 0 bridgehead atoms. The number of aromatic nitrogens is 2. The summed E-state index contributed by atoms with van der Waals surface area (Å²) in [6.07, 6.45) is 0.969. The van der Waals surface area contributed by atoms with Gasteiger partial charge in [0.1, 0.15) is 6.07 Å². The highest BCUT2D eigenvalue weighted by molar-refractivity contribution is 5.91. The van der Waals surface area contributed by atoms with E-state index in [2.05, 4.69) is 53.6 Å². The van der Waals surface area contributed by atoms with Crippen LogP contribution in [0.3, 0.4) is 0 Å². The number of aliphatic hydroxyl groups is 1. The normalized spacial score (nSPS) is 22.4. The van der Waals surface area contributed by atoms with Crippen LogP contribution in [0.5, 0.6) is 0 Å². The number of hydrogen-bond donors (Lipinski definition) is 2. The number of nitriles is 1. The number of β-amino-alcohol motifs (C(OH)–C–C–N with tert-alkyl or cyclic N) is 1. The second-order valence-corrected chi connectivity index (χ2v) is 8.30. The number of hydrogen-bond acceptors (Lipinski definition) is 6. The first-order chi connectivity index (χ1) is 13.9. The molecule has 0 radical (unpaired) electrons. The zero-order chi connectivity index (χ0) is 20.6. The molecule has 1 aromatic heterocycles. The van der Waals surface area contributed by atoms with E-state index < -0.39 is 11.5 Å². The van der Waals surface area contributed by atoms with E-state index >= 15 is 0 Å². The summed E-state index contributed by atoms with van der Waals surface area (Å²) in [6, 6.07) is 13.2. The Morgan fingerprint density at radius 3 is 2.48 bits per heavy atom. The van der Waals surface area contributed by atoms with Gasteiger partial charge >= 0.3 is 0 Å². The van der Waals surface area contributed by atoms with Crippen molar-refractivity contribution in [2.24, 2.45) is 0 Å². The molecule has 1 amide bonds. The molecule has 1 aromatic carbocycles. The van der Waals surface area contributed by atoms with Crippen molar-refractivity contribution in [3.8, 4) is 6.07 Å². The van der Waals surface area contributed by atoms with Gasteiger partial charge in [-0.1, -0.05) is 38.1 Å². The number of nitrogens with one attached hydrogen (secondary N) is 1. The smallest absolute Gasteiger partial charge is 0.231 e. The van der Waals surface area contributed by atoms with Crippen molar-refractivity contribution in [2.75, 3.05) is 18.0 Å². The third kappa shape index (κ3) is 3.68. The molecule has 0 spiro atoms. The number of aliphatic hydroxyl groups excluding tert-OH is 1. The molecule has 1 aliphatic heterocycles. The van der Waals surface area contributed by atoms with E-state index in [1.165, 1.54) is 5.56 Å². The molecule has 7 heteroatoms. The minimum Gasteiger partial charge on any atom is -0.389 e. The fourth-order valence-corrected chi connectivity index (χ4v) is 3.93. The van der Waals surface area contributed by atoms with E-state index in [1.807, 2.05) is 11.0 Å². The summed E-state index contributed by atoms with van der Waals surface area (Å²) < 4.78 is 0. The molecule has 7 nitrogen and oxygen atoms in total. The first-order valence-corrected chi connectivity index (χ1v) is 10.0. The van der Waals surface area contributed by atoms with E-state index in [-0.39, 0.29) is 17.6 Å². The van der Waals surface area contributed by atoms with E-state index in [0.717, 1.165) is 18.4 Å². The Bertz CT molecular complexity index is 929. The van der Waals surface area contributed by atoms with Gasteiger partial charge in [0.15, 0.2) is 11.5 Å². The first-order valence-electron chi connectivity index (χ1n) is 10.0. The standard InChI is InChI=1S/C22H25N5O2/c1-14(2)15-3-5-16(6-4-15)22(9-10-22)21(29)24-18-12-27(13-19(18)28)20-8-7-17(11-23)25-26-20/h3-8,14,18-19,28H,9-10,12-13H2,1-2H3,(H,24,29)/t18-,19+/m0/s1. The molecule has 2 fully saturated rings. The van der Waals surface area contributed by atoms with Gasteiger partial charge in [-0.15, -0.1) is 10.2 Å². The van der Waals surface area contributed by atoms with Crippen LogP contribution in [0, 0.1) is 11.3 Å². The maximum absolute atomic E-state index is 13.1. The molecule has 1 saturated heterocycles. The number of amides is 1. The molecule has 2 aromatic rings. The van der Waals surface area contributed by atoms with Gasteiger partial charge in [-0.3, -0.25) is 4.79 Å². The third-order valence-electron chi connectivity index (χ3n) is 6.01. The lowest BCUT2D eigenvalue weighted by molar-refractivity contribution is -0.124. The lowest BCUT2D eigenvalue weighted by atomic mass is 9.92. The van der Waals surface area contributed by atoms with E-state index in [4.69, 9.17) is 5.26 Å². The Hall–Kier alpha value is -2.98. The zero-order valence-electron chi connectivity index (χ0n) is 16.7. The Balaban J connectivity index is 1.43. The van der Waals surface area contributed by atoms with Crippen LogP contribution in [0.4, 0.5) is 5.82 Å². The molecule has 2 N–H and O–H groups in total. The van der Waals surface area contributed by atoms with Crippen LogP contribution in [0.25, 0.3) is 0 Å². The summed E-state index contributed by atoms with van der Waals surface area (Å²) in [7, 11) is 0. The zero-order valence-corrected chi connectivity index (χ0v) is 16.7. The van der Waals surface area contributed by atoms with E-state index in [9.17, 15) is 9.90 Å². The lowest BCUT2D eigenvalue weighted by Crippen LogP contribution is -2.47. The molecule has 1 saturated carbocycles. The highest BCUT2D eigenvalue weighted by Gasteiger charge is 2.52. The minimum atomic E-state index is -0.685. The molecule has 29 heavy (non-hydrogen) atoms. The number of benzene rings is 1. The molecule has 2 atom stereocenters. The molecule has 2 heterocycles. The van der Waals surface area contributed by atoms with Crippen LogP contribution in [0.15, 0.2) is 36.4 Å². The molecule has 0 unspecified atom stereocenters. The van der Waals surface area contributed by atoms with Crippen LogP contribution < -0.4 is 10.2 Å². The van der Waals surface area contributed by atoms with Crippen LogP contribution in [-0.2, 0) is 10.2 Å². The Morgan fingerprint density at radius 1 is 1.21 bits per heavy atom. The predicted octanol–water partition coefficient (Wildman–Crippen LogP) is 1.87. The maximum atomic E-state index is 13.1. The van der Waals surface area contributed by atoms with Crippen molar-refractivity contribution in [1.82, 2.24) is 15.5 Å². The minimum absolute atomic E-state index is 0.0217. The molecule has 150 valence electrons. The Kier molecular flexibility index (Phi) is 4.97. The summed E-state index contributed by atoms with van der Waals surface area (Å²) in [4.78, 5) is 14.9. The van der Waals surface area contributed by atoms with Gasteiger partial charge < -0.3 is 15.3 Å². The summed E-state index contributed by atoms with van der Waals surface area (Å²) in [6.45, 7) is 5.12. The highest BCUT2D eigenvalue weighted by Crippen LogP contribution is 2.48. The van der Waals surface area contributed by atoms with Gasteiger partial charge in [-0.2, -0.15) is 5.26 Å². The van der Waals surface area contributed by atoms with Crippen LogP contribution in [-0.4, -0.2) is 46.4 Å². The van der Waals surface area contributed by atoms with Crippen molar-refractivity contribution in [3.63, 3.8) is 0 Å². The van der Waals surface area contributed by atoms with E-state index in [0.29, 0.717) is 24.8 Å². The largest absolute Gasteiger partial charge is 0.389 e. The number of carbonyl (C=O) groups excluding carboxylic acids is 1. The fourth-order valence-electron chi connectivity index (χ4n) is 3.93. The average Bonchev–Trinajstić information content (AvgIpc) is 3.47. The number of anilines is 1. The van der Waals surface area contributed by atoms with Crippen molar-refractivity contribution in [1.29, 1.82) is 5.26 Å². The van der Waals surface area contributed by atoms with Crippen LogP contribution in [0.1, 0.15) is 49.4 Å². The van der Waals surface area contributed by atoms with Gasteiger partial charge in [-0.05, 0) is 42.0 Å². The molecule has 4 rings (SSSR count). The SMILES string of the molecule is CC(C)c1ccc(C2(C(=O)N[C@H]3CN(c4ccc(C#N)nn4)C[C@H]3O)CC2)cc1. The van der Waals surface area contributed by atoms with Gasteiger partial charge in [0.2, 0.25) is 5.91 Å². The fraction of sp³-hybridized carbons (Fsp3) is 0.455. The Morgan fingerprint density at radius 2 is 1.93 bits per heavy atom. The summed E-state index contributed by atoms with van der Waals surface area (Å²) >= 11 is 0. The number of carbonyl (C=O) groups is 1. The monoisotopic (exact) mass is 391 g/mol. The van der Waals surface area contributed by atoms with Crippen molar-refractivity contribution >= 4 is 11.7 Å². The first kappa shape index (κ1) is 19.3. The molecule has 2 aliphatic rings. The second-order valence-electron chi connectivity index (χ2n) is 8.30. The lowest BCUT2D eigenvalue weighted by Gasteiger charge is -2.22. The summed E-state index contributed by atoms with van der Waals surface area (Å²) in [5.74, 6) is 1.02. The van der Waals surface area contributed by atoms with Gasteiger partial charge in [0.25, 0.3) is 0 Å². The molecular formula is C22H25N5O2. The average molecular weight is 391 g/mol. The van der Waals surface area contributed by atoms with Gasteiger partial charge in [-0.25, -0.2) is 0 Å². The number of nitrogens with zero attached hydrogens (tertiary/aromatic N) is 4. The van der Waals surface area contributed by atoms with Crippen molar-refractivity contribution in [3.05, 3.63) is 53.2 Å². The number of rotatable bonds is 5. The maximum Gasteiger partial charge on any atom is 0.231 e. The van der Waals surface area contributed by atoms with Crippen molar-refractivity contribution in [2.45, 2.75) is 50.2 Å². The quantitative estimate of drug-likeness (QED) is 0.807. The molecular weight excluding hydrogens is 366 g/mol. The Labute approximate surface area is 170 Å². The summed E-state index contributed by atoms with van der Waals surface area (Å²) in [5.41, 5.74) is 2.08. The van der Waals surface area contributed by atoms with E-state index in [1.54, 1.807) is 12.1 Å². The van der Waals surface area contributed by atoms with Gasteiger partial charge in [0.05, 0.1) is 17.6 Å². The second kappa shape index (κ2) is 7.45. The predicted molar refractivity (Wildman–Crippen MR) is 108 cm³/mol. The van der Waals surface area contributed by atoms with Crippen molar-refractivity contribution < 1.29 is 9.90 Å².